The van der Waals surface area contributed by atoms with Crippen LogP contribution in [-0.4, -0.2) is 28.0 Å². The Morgan fingerprint density at radius 3 is 2.83 bits per heavy atom. The molecule has 2 fully saturated rings. The molecule has 4 rings (SSSR count). The van der Waals surface area contributed by atoms with Gasteiger partial charge in [-0.05, 0) is 43.9 Å². The van der Waals surface area contributed by atoms with Gasteiger partial charge in [0.25, 0.3) is 5.56 Å². The predicted octanol–water partition coefficient (Wildman–Crippen LogP) is 4.44. The summed E-state index contributed by atoms with van der Waals surface area (Å²) < 4.78 is 7.65. The summed E-state index contributed by atoms with van der Waals surface area (Å²) in [4.78, 5) is 17.9. The summed E-state index contributed by atoms with van der Waals surface area (Å²) in [7, 11) is 0. The Hall–Kier alpha value is -1.04. The monoisotopic (exact) mass is 364 g/mol. The van der Waals surface area contributed by atoms with Crippen molar-refractivity contribution >= 4 is 34.3 Å². The van der Waals surface area contributed by atoms with Crippen molar-refractivity contribution in [2.75, 3.05) is 12.4 Å². The molecule has 0 spiro atoms. The van der Waals surface area contributed by atoms with Crippen LogP contribution in [0.2, 0.25) is 5.02 Å². The number of nitrogens with zero attached hydrogens (tertiary/aromatic N) is 2. The molecular formula is C18H21ClN2O2S. The molecule has 2 heterocycles. The first kappa shape index (κ1) is 16.4. The van der Waals surface area contributed by atoms with Crippen molar-refractivity contribution in [1.82, 2.24) is 9.55 Å². The van der Waals surface area contributed by atoms with Crippen LogP contribution in [0.4, 0.5) is 0 Å². The Bertz CT molecular complexity index is 795. The molecule has 2 aromatic rings. The number of ether oxygens (including phenoxy) is 1. The highest BCUT2D eigenvalue weighted by Gasteiger charge is 2.24. The van der Waals surface area contributed by atoms with Crippen LogP contribution in [0.1, 0.15) is 44.6 Å². The molecule has 1 aromatic heterocycles. The number of benzene rings is 1. The summed E-state index contributed by atoms with van der Waals surface area (Å²) in [5, 5.41) is 2.09. The first-order chi connectivity index (χ1) is 11.7. The third-order valence-electron chi connectivity index (χ3n) is 4.94. The maximum atomic E-state index is 13.1. The zero-order valence-electron chi connectivity index (χ0n) is 13.5. The zero-order chi connectivity index (χ0) is 16.5. The molecule has 1 atom stereocenters. The fourth-order valence-corrected chi connectivity index (χ4v) is 4.98. The first-order valence-corrected chi connectivity index (χ1v) is 10.0. The van der Waals surface area contributed by atoms with Gasteiger partial charge in [-0.15, -0.1) is 0 Å². The molecule has 1 saturated carbocycles. The van der Waals surface area contributed by atoms with Crippen molar-refractivity contribution in [2.45, 2.75) is 55.8 Å². The highest BCUT2D eigenvalue weighted by atomic mass is 35.5. The topological polar surface area (TPSA) is 44.1 Å². The molecule has 24 heavy (non-hydrogen) atoms. The number of hydrogen-bond acceptors (Lipinski definition) is 4. The van der Waals surface area contributed by atoms with Crippen LogP contribution in [-0.2, 0) is 4.74 Å². The number of thioether (sulfide) groups is 1. The van der Waals surface area contributed by atoms with Gasteiger partial charge in [-0.1, -0.05) is 36.2 Å². The summed E-state index contributed by atoms with van der Waals surface area (Å²) in [6, 6.07) is 5.63. The van der Waals surface area contributed by atoms with E-state index in [-0.39, 0.29) is 17.7 Å². The lowest BCUT2D eigenvalue weighted by Crippen LogP contribution is -2.27. The fraction of sp³-hybridized carbons (Fsp3) is 0.556. The Morgan fingerprint density at radius 1 is 1.25 bits per heavy atom. The largest absolute Gasteiger partial charge is 0.377 e. The minimum absolute atomic E-state index is 0.0680. The van der Waals surface area contributed by atoms with Crippen molar-refractivity contribution in [3.8, 4) is 0 Å². The Labute approximate surface area is 150 Å². The van der Waals surface area contributed by atoms with Crippen LogP contribution in [0.15, 0.2) is 28.2 Å². The van der Waals surface area contributed by atoms with E-state index < -0.39 is 0 Å². The van der Waals surface area contributed by atoms with Crippen LogP contribution >= 0.6 is 23.4 Å². The zero-order valence-corrected chi connectivity index (χ0v) is 15.1. The molecular weight excluding hydrogens is 344 g/mol. The van der Waals surface area contributed by atoms with E-state index in [4.69, 9.17) is 21.3 Å². The Kier molecular flexibility index (Phi) is 4.83. The number of rotatable bonds is 4. The third-order valence-corrected chi connectivity index (χ3v) is 6.26. The van der Waals surface area contributed by atoms with E-state index in [1.54, 1.807) is 30.0 Å². The smallest absolute Gasteiger partial charge is 0.262 e. The van der Waals surface area contributed by atoms with Crippen molar-refractivity contribution in [3.05, 3.63) is 33.6 Å². The molecule has 6 heteroatoms. The van der Waals surface area contributed by atoms with Crippen molar-refractivity contribution in [3.63, 3.8) is 0 Å². The lowest BCUT2D eigenvalue weighted by atomic mass is 10.2. The molecule has 0 bridgehead atoms. The SMILES string of the molecule is O=c1c2ccc(Cl)cc2nc(SC[C@@H]2CCCO2)n1C1CCCC1. The van der Waals surface area contributed by atoms with Gasteiger partial charge >= 0.3 is 0 Å². The van der Waals surface area contributed by atoms with Gasteiger partial charge in [0.15, 0.2) is 5.16 Å². The molecule has 128 valence electrons. The van der Waals surface area contributed by atoms with E-state index in [0.717, 1.165) is 43.2 Å². The second kappa shape index (κ2) is 7.06. The quantitative estimate of drug-likeness (QED) is 0.594. The molecule has 0 radical (unpaired) electrons. The molecule has 1 saturated heterocycles. The maximum Gasteiger partial charge on any atom is 0.262 e. The summed E-state index contributed by atoms with van der Waals surface area (Å²) in [5.74, 6) is 0.852. The first-order valence-electron chi connectivity index (χ1n) is 8.68. The van der Waals surface area contributed by atoms with E-state index in [1.807, 2.05) is 4.57 Å². The summed E-state index contributed by atoms with van der Waals surface area (Å²) in [5.41, 5.74) is 0.759. The van der Waals surface area contributed by atoms with Crippen molar-refractivity contribution < 1.29 is 4.74 Å². The summed E-state index contributed by atoms with van der Waals surface area (Å²) >= 11 is 7.75. The lowest BCUT2D eigenvalue weighted by molar-refractivity contribution is 0.129. The van der Waals surface area contributed by atoms with Gasteiger partial charge in [0.2, 0.25) is 0 Å². The van der Waals surface area contributed by atoms with Crippen LogP contribution < -0.4 is 5.56 Å². The molecule has 0 amide bonds. The number of aromatic nitrogens is 2. The predicted molar refractivity (Wildman–Crippen MR) is 98.2 cm³/mol. The van der Waals surface area contributed by atoms with Gasteiger partial charge in [0.05, 0.1) is 17.0 Å². The van der Waals surface area contributed by atoms with Crippen LogP contribution in [0.5, 0.6) is 0 Å². The average Bonchev–Trinajstić information content (AvgIpc) is 3.26. The number of halogens is 1. The second-order valence-electron chi connectivity index (χ2n) is 6.62. The number of fused-ring (bicyclic) bond motifs is 1. The van der Waals surface area contributed by atoms with E-state index in [1.165, 1.54) is 12.8 Å². The van der Waals surface area contributed by atoms with E-state index in [2.05, 4.69) is 0 Å². The minimum Gasteiger partial charge on any atom is -0.377 e. The molecule has 1 aliphatic carbocycles. The lowest BCUT2D eigenvalue weighted by Gasteiger charge is -2.19. The summed E-state index contributed by atoms with van der Waals surface area (Å²) in [6.45, 7) is 0.849. The molecule has 2 aliphatic rings. The maximum absolute atomic E-state index is 13.1. The number of hydrogen-bond donors (Lipinski definition) is 0. The molecule has 1 aliphatic heterocycles. The van der Waals surface area contributed by atoms with Gasteiger partial charge < -0.3 is 4.74 Å². The third kappa shape index (κ3) is 3.22. The standard InChI is InChI=1S/C18H21ClN2O2S/c19-12-7-8-15-16(10-12)20-18(24-11-14-6-3-9-23-14)21(17(15)22)13-4-1-2-5-13/h7-8,10,13-14H,1-6,9,11H2/t14-/m0/s1. The molecule has 1 aromatic carbocycles. The molecule has 0 N–H and O–H groups in total. The Balaban J connectivity index is 1.75. The van der Waals surface area contributed by atoms with Crippen LogP contribution in [0.3, 0.4) is 0 Å². The average molecular weight is 365 g/mol. The van der Waals surface area contributed by atoms with Gasteiger partial charge in [-0.2, -0.15) is 0 Å². The molecule has 0 unspecified atom stereocenters. The Morgan fingerprint density at radius 2 is 2.08 bits per heavy atom. The van der Waals surface area contributed by atoms with Crippen LogP contribution in [0.25, 0.3) is 10.9 Å². The molecule has 4 nitrogen and oxygen atoms in total. The van der Waals surface area contributed by atoms with Crippen LogP contribution in [0, 0.1) is 0 Å². The van der Waals surface area contributed by atoms with E-state index in [9.17, 15) is 4.79 Å². The summed E-state index contributed by atoms with van der Waals surface area (Å²) in [6.07, 6.45) is 7.00. The fourth-order valence-electron chi connectivity index (χ4n) is 3.68. The highest BCUT2D eigenvalue weighted by molar-refractivity contribution is 7.99. The second-order valence-corrected chi connectivity index (χ2v) is 8.04. The highest BCUT2D eigenvalue weighted by Crippen LogP contribution is 2.33. The van der Waals surface area contributed by atoms with Gasteiger partial charge in [-0.3, -0.25) is 9.36 Å². The van der Waals surface area contributed by atoms with Gasteiger partial charge in [-0.25, -0.2) is 4.98 Å². The van der Waals surface area contributed by atoms with Gasteiger partial charge in [0, 0.05) is 23.4 Å². The van der Waals surface area contributed by atoms with E-state index in [0.29, 0.717) is 15.9 Å². The minimum atomic E-state index is 0.0680. The normalized spacial score (nSPS) is 21.8. The van der Waals surface area contributed by atoms with Crippen molar-refractivity contribution in [2.24, 2.45) is 0 Å². The van der Waals surface area contributed by atoms with Gasteiger partial charge in [0.1, 0.15) is 0 Å². The van der Waals surface area contributed by atoms with Crippen molar-refractivity contribution in [1.29, 1.82) is 0 Å². The van der Waals surface area contributed by atoms with E-state index >= 15 is 0 Å².